The van der Waals surface area contributed by atoms with E-state index in [2.05, 4.69) is 20.6 Å². The molecule has 8 heteroatoms. The van der Waals surface area contributed by atoms with Gasteiger partial charge in [0.2, 0.25) is 0 Å². The molecule has 1 amide bonds. The number of carbonyl (C=O) groups excluding carboxylic acids is 1. The summed E-state index contributed by atoms with van der Waals surface area (Å²) >= 11 is 2.63. The number of nitrogens with one attached hydrogen (secondary N) is 1. The zero-order valence-electron chi connectivity index (χ0n) is 7.14. The first-order chi connectivity index (χ1) is 6.45. The molecule has 0 radical (unpaired) electrons. The molecule has 0 aliphatic rings. The molecule has 0 saturated heterocycles. The first kappa shape index (κ1) is 15.4. The fraction of sp³-hybridized carbons (Fsp3) is 0.500. The predicted molar refractivity (Wildman–Crippen MR) is 41.7 cm³/mol. The molecular weight excluding hydrogens is 235 g/mol. The predicted octanol–water partition coefficient (Wildman–Crippen LogP) is -1.54. The van der Waals surface area contributed by atoms with E-state index in [1.165, 1.54) is 0 Å². The number of nitrogens with two attached hydrogens (primary N) is 1. The van der Waals surface area contributed by atoms with E-state index >= 15 is 0 Å². The van der Waals surface area contributed by atoms with Crippen LogP contribution in [0.5, 0.6) is 0 Å². The zero-order chi connectivity index (χ0) is 11.6. The Hall–Kier alpha value is -1.11. The van der Waals surface area contributed by atoms with Gasteiger partial charge in [0.25, 0.3) is 0 Å². The number of aliphatic carboxylic acids is 2. The van der Waals surface area contributed by atoms with Gasteiger partial charge in [0.05, 0.1) is 0 Å². The second-order valence-electron chi connectivity index (χ2n) is 2.10. The van der Waals surface area contributed by atoms with E-state index in [0.717, 1.165) is 0 Å². The number of hydrogen-bond acceptors (Lipinski definition) is 4. The third-order valence-electron chi connectivity index (χ3n) is 1.03. The number of amides is 1. The van der Waals surface area contributed by atoms with Crippen LogP contribution in [0, 0.1) is 0 Å². The van der Waals surface area contributed by atoms with Gasteiger partial charge in [0.15, 0.2) is 0 Å². The average molecular weight is 246 g/mol. The van der Waals surface area contributed by atoms with E-state index in [1.807, 2.05) is 0 Å². The summed E-state index contributed by atoms with van der Waals surface area (Å²) in [5.74, 6) is -2.20. The summed E-state index contributed by atoms with van der Waals surface area (Å²) in [7, 11) is 0. The Balaban J connectivity index is 0. The topological polar surface area (TPSA) is 130 Å². The molecule has 0 aromatic rings. The van der Waals surface area contributed by atoms with Crippen molar-refractivity contribution >= 4 is 18.3 Å². The SMILES string of the molecule is N[C@@H](CCC(=O)O)C(=O)O.O=C[NH][Mn]. The normalized spacial score (nSPS) is 10.4. The van der Waals surface area contributed by atoms with Crippen LogP contribution in [-0.4, -0.2) is 34.6 Å². The molecule has 0 rings (SSSR count). The van der Waals surface area contributed by atoms with Gasteiger partial charge in [-0.1, -0.05) is 0 Å². The van der Waals surface area contributed by atoms with E-state index in [4.69, 9.17) is 20.7 Å². The summed E-state index contributed by atoms with van der Waals surface area (Å²) in [5.41, 5.74) is 5.00. The monoisotopic (exact) mass is 246 g/mol. The molecule has 0 bridgehead atoms. The summed E-state index contributed by atoms with van der Waals surface area (Å²) < 4.78 is 2.06. The van der Waals surface area contributed by atoms with Crippen LogP contribution in [-0.2, 0) is 30.6 Å². The van der Waals surface area contributed by atoms with Crippen LogP contribution in [0.25, 0.3) is 0 Å². The van der Waals surface area contributed by atoms with E-state index in [-0.39, 0.29) is 12.8 Å². The minimum absolute atomic E-state index is 0.0231. The third-order valence-corrected chi connectivity index (χ3v) is 1.17. The van der Waals surface area contributed by atoms with E-state index < -0.39 is 18.0 Å². The van der Waals surface area contributed by atoms with Crippen molar-refractivity contribution in [1.29, 1.82) is 0 Å². The van der Waals surface area contributed by atoms with Crippen LogP contribution in [0.15, 0.2) is 0 Å². The molecule has 0 aliphatic carbocycles. The summed E-state index contributed by atoms with van der Waals surface area (Å²) in [6.07, 6.45) is 0.318. The number of carboxylic acids is 2. The van der Waals surface area contributed by atoms with Crippen LogP contribution in [0.2, 0.25) is 0 Å². The van der Waals surface area contributed by atoms with Gasteiger partial charge in [-0.05, 0) is 6.42 Å². The van der Waals surface area contributed by atoms with Crippen LogP contribution >= 0.6 is 0 Å². The van der Waals surface area contributed by atoms with Crippen molar-refractivity contribution in [3.05, 3.63) is 0 Å². The fourth-order valence-corrected chi connectivity index (χ4v) is 0.402. The molecule has 7 nitrogen and oxygen atoms in total. The number of carbonyl (C=O) groups is 3. The second kappa shape index (κ2) is 9.97. The Morgan fingerprint density at radius 3 is 2.14 bits per heavy atom. The molecule has 0 aromatic carbocycles. The standard InChI is InChI=1S/C5H9NO4.CH3NO.Mn/c6-3(5(9)10)1-2-4(7)8;2-1-3;/h3H,1-2,6H2,(H,7,8)(H,9,10);1H,(H2,2,3);/q;;+1/p-1/t3-;;/m0../s1. The maximum absolute atomic E-state index is 9.99. The van der Waals surface area contributed by atoms with Crippen LogP contribution < -0.4 is 10.1 Å². The molecule has 0 fully saturated rings. The molecule has 0 aromatic heterocycles. The van der Waals surface area contributed by atoms with Crippen molar-refractivity contribution in [2.75, 3.05) is 0 Å². The van der Waals surface area contributed by atoms with Crippen LogP contribution in [0.1, 0.15) is 12.8 Å². The Morgan fingerprint density at radius 1 is 1.50 bits per heavy atom. The molecular formula is C6H11MnN2O5. The molecule has 0 heterocycles. The van der Waals surface area contributed by atoms with E-state index in [9.17, 15) is 9.59 Å². The van der Waals surface area contributed by atoms with Gasteiger partial charge in [-0.2, -0.15) is 0 Å². The molecule has 1 atom stereocenters. The van der Waals surface area contributed by atoms with Crippen molar-refractivity contribution in [1.82, 2.24) is 4.33 Å². The van der Waals surface area contributed by atoms with Crippen molar-refractivity contribution < 1.29 is 40.8 Å². The summed E-state index contributed by atoms with van der Waals surface area (Å²) in [5, 5.41) is 16.3. The Labute approximate surface area is 88.7 Å². The van der Waals surface area contributed by atoms with Gasteiger partial charge in [0.1, 0.15) is 6.04 Å². The van der Waals surface area contributed by atoms with Gasteiger partial charge in [0, 0.05) is 6.42 Å². The van der Waals surface area contributed by atoms with Gasteiger partial charge in [-0.15, -0.1) is 0 Å². The van der Waals surface area contributed by atoms with Gasteiger partial charge in [-0.3, -0.25) is 9.59 Å². The molecule has 0 unspecified atom stereocenters. The van der Waals surface area contributed by atoms with Crippen LogP contribution in [0.3, 0.4) is 0 Å². The van der Waals surface area contributed by atoms with Crippen molar-refractivity contribution in [3.8, 4) is 0 Å². The summed E-state index contributed by atoms with van der Waals surface area (Å²) in [6, 6.07) is -1.06. The van der Waals surface area contributed by atoms with Gasteiger partial charge in [-0.25, -0.2) is 0 Å². The molecule has 82 valence electrons. The first-order valence-corrected chi connectivity index (χ1v) is 4.04. The zero-order valence-corrected chi connectivity index (χ0v) is 8.32. The minimum atomic E-state index is -1.17. The molecule has 0 aliphatic heterocycles. The molecule has 14 heavy (non-hydrogen) atoms. The maximum atomic E-state index is 9.99. The quantitative estimate of drug-likeness (QED) is 0.343. The average Bonchev–Trinajstić information content (AvgIpc) is 2.14. The Bertz CT molecular complexity index is 199. The Morgan fingerprint density at radius 2 is 1.93 bits per heavy atom. The van der Waals surface area contributed by atoms with Gasteiger partial charge < -0.3 is 15.9 Å². The van der Waals surface area contributed by atoms with E-state index in [0.29, 0.717) is 6.41 Å². The fourth-order valence-electron chi connectivity index (χ4n) is 0.402. The van der Waals surface area contributed by atoms with Crippen LogP contribution in [0.4, 0.5) is 0 Å². The van der Waals surface area contributed by atoms with Crippen molar-refractivity contribution in [2.24, 2.45) is 5.73 Å². The number of hydrogen-bond donors (Lipinski definition) is 4. The number of rotatable bonds is 5. The molecule has 0 saturated carbocycles. The number of carboxylic acid groups (broad SMARTS) is 2. The summed E-state index contributed by atoms with van der Waals surface area (Å²) in [4.78, 5) is 28.9. The van der Waals surface area contributed by atoms with E-state index in [1.54, 1.807) is 0 Å². The third kappa shape index (κ3) is 13.5. The van der Waals surface area contributed by atoms with Crippen molar-refractivity contribution in [3.63, 3.8) is 0 Å². The first-order valence-electron chi connectivity index (χ1n) is 3.45. The van der Waals surface area contributed by atoms with Crippen molar-refractivity contribution in [2.45, 2.75) is 18.9 Å². The second-order valence-corrected chi connectivity index (χ2v) is 2.44. The van der Waals surface area contributed by atoms with Gasteiger partial charge >= 0.3 is 43.7 Å². The molecule has 0 spiro atoms. The Kier molecular flexibility index (Phi) is 10.9. The molecule has 5 N–H and O–H groups in total. The summed E-state index contributed by atoms with van der Waals surface area (Å²) in [6.45, 7) is 0.